The Balaban J connectivity index is 2.13. The number of benzene rings is 2. The molecule has 0 aromatic heterocycles. The molecule has 0 aliphatic rings. The largest absolute Gasteiger partial charge is 0.486 e. The second-order valence-electron chi connectivity index (χ2n) is 4.41. The van der Waals surface area contributed by atoms with Crippen molar-refractivity contribution in [2.45, 2.75) is 13.5 Å². The third-order valence-corrected chi connectivity index (χ3v) is 3.26. The Kier molecular flexibility index (Phi) is 4.56. The average Bonchev–Trinajstić information content (AvgIpc) is 2.46. The van der Waals surface area contributed by atoms with Crippen LogP contribution in [0.3, 0.4) is 0 Å². The lowest BCUT2D eigenvalue weighted by atomic mass is 10.1. The van der Waals surface area contributed by atoms with Crippen LogP contribution >= 0.6 is 11.6 Å². The summed E-state index contributed by atoms with van der Waals surface area (Å²) in [6.45, 7) is 1.44. The van der Waals surface area contributed by atoms with Gasteiger partial charge < -0.3 is 4.74 Å². The number of ketones is 1. The highest BCUT2D eigenvalue weighted by atomic mass is 35.5. The maximum Gasteiger partial charge on any atom is 0.165 e. The number of nitriles is 1. The lowest BCUT2D eigenvalue weighted by Gasteiger charge is -2.09. The van der Waals surface area contributed by atoms with E-state index in [-0.39, 0.29) is 23.7 Å². The van der Waals surface area contributed by atoms with Crippen molar-refractivity contribution in [1.82, 2.24) is 0 Å². The molecule has 5 heteroatoms. The van der Waals surface area contributed by atoms with Gasteiger partial charge >= 0.3 is 0 Å². The number of ether oxygens (including phenoxy) is 1. The van der Waals surface area contributed by atoms with Gasteiger partial charge in [0.05, 0.1) is 11.6 Å². The molecule has 2 aromatic carbocycles. The molecular formula is C16H11ClFNO2. The number of rotatable bonds is 4. The van der Waals surface area contributed by atoms with E-state index < -0.39 is 5.82 Å². The zero-order valence-corrected chi connectivity index (χ0v) is 11.9. The molecule has 0 unspecified atom stereocenters. The highest BCUT2D eigenvalue weighted by Gasteiger charge is 2.09. The van der Waals surface area contributed by atoms with Gasteiger partial charge in [-0.05, 0) is 37.3 Å². The predicted molar refractivity (Wildman–Crippen MR) is 76.9 cm³/mol. The Bertz CT molecular complexity index is 738. The minimum absolute atomic E-state index is 0.0421. The highest BCUT2D eigenvalue weighted by molar-refractivity contribution is 6.31. The first-order valence-corrected chi connectivity index (χ1v) is 6.51. The van der Waals surface area contributed by atoms with E-state index in [1.807, 2.05) is 6.07 Å². The average molecular weight is 304 g/mol. The van der Waals surface area contributed by atoms with Crippen LogP contribution in [0, 0.1) is 17.1 Å². The molecular weight excluding hydrogens is 293 g/mol. The van der Waals surface area contributed by atoms with Gasteiger partial charge in [0.1, 0.15) is 6.61 Å². The van der Waals surface area contributed by atoms with Crippen LogP contribution in [0.5, 0.6) is 5.75 Å². The number of Topliss-reactive ketones (excluding diaryl/α,β-unsaturated/α-hetero) is 1. The van der Waals surface area contributed by atoms with Gasteiger partial charge in [-0.25, -0.2) is 4.39 Å². The van der Waals surface area contributed by atoms with Gasteiger partial charge in [-0.15, -0.1) is 0 Å². The zero-order chi connectivity index (χ0) is 15.4. The first-order chi connectivity index (χ1) is 10.0. The Morgan fingerprint density at radius 1 is 1.33 bits per heavy atom. The van der Waals surface area contributed by atoms with Crippen molar-refractivity contribution in [3.05, 3.63) is 63.9 Å². The quantitative estimate of drug-likeness (QED) is 0.798. The Labute approximate surface area is 126 Å². The van der Waals surface area contributed by atoms with Crippen molar-refractivity contribution in [1.29, 1.82) is 5.26 Å². The van der Waals surface area contributed by atoms with Gasteiger partial charge in [0, 0.05) is 16.1 Å². The van der Waals surface area contributed by atoms with E-state index in [0.717, 1.165) is 6.07 Å². The molecule has 0 aliphatic heterocycles. The Morgan fingerprint density at radius 2 is 2.10 bits per heavy atom. The summed E-state index contributed by atoms with van der Waals surface area (Å²) in [6, 6.07) is 10.8. The van der Waals surface area contributed by atoms with Gasteiger partial charge in [-0.3, -0.25) is 4.79 Å². The van der Waals surface area contributed by atoms with Crippen molar-refractivity contribution >= 4 is 17.4 Å². The Hall–Kier alpha value is -2.38. The predicted octanol–water partition coefficient (Wildman–Crippen LogP) is 4.13. The van der Waals surface area contributed by atoms with E-state index >= 15 is 0 Å². The second-order valence-corrected chi connectivity index (χ2v) is 4.82. The highest BCUT2D eigenvalue weighted by Crippen LogP contribution is 2.23. The zero-order valence-electron chi connectivity index (χ0n) is 11.2. The van der Waals surface area contributed by atoms with Crippen LogP contribution < -0.4 is 4.74 Å². The maximum atomic E-state index is 13.8. The van der Waals surface area contributed by atoms with Gasteiger partial charge in [0.25, 0.3) is 0 Å². The smallest absolute Gasteiger partial charge is 0.165 e. The minimum Gasteiger partial charge on any atom is -0.486 e. The Morgan fingerprint density at radius 3 is 2.67 bits per heavy atom. The van der Waals surface area contributed by atoms with E-state index in [1.165, 1.54) is 25.1 Å². The SMILES string of the molecule is CC(=O)c1ccc(OCc2ccc(C#N)cc2Cl)c(F)c1. The van der Waals surface area contributed by atoms with Gasteiger partial charge in [0.2, 0.25) is 0 Å². The summed E-state index contributed by atoms with van der Waals surface area (Å²) in [5, 5.41) is 9.14. The summed E-state index contributed by atoms with van der Waals surface area (Å²) in [7, 11) is 0. The number of hydrogen-bond acceptors (Lipinski definition) is 3. The van der Waals surface area contributed by atoms with Crippen LogP contribution in [0.4, 0.5) is 4.39 Å². The molecule has 21 heavy (non-hydrogen) atoms. The molecule has 2 aromatic rings. The summed E-state index contributed by atoms with van der Waals surface area (Å²) in [5.74, 6) is -0.775. The first-order valence-electron chi connectivity index (χ1n) is 6.13. The van der Waals surface area contributed by atoms with Crippen LogP contribution in [0.1, 0.15) is 28.4 Å². The van der Waals surface area contributed by atoms with Crippen molar-refractivity contribution in [2.75, 3.05) is 0 Å². The van der Waals surface area contributed by atoms with Gasteiger partial charge in [-0.1, -0.05) is 17.7 Å². The number of nitrogens with zero attached hydrogens (tertiary/aromatic N) is 1. The fourth-order valence-corrected chi connectivity index (χ4v) is 1.96. The number of carbonyl (C=O) groups is 1. The molecule has 0 atom stereocenters. The minimum atomic E-state index is -0.604. The summed E-state index contributed by atoms with van der Waals surface area (Å²) < 4.78 is 19.1. The molecule has 0 aliphatic carbocycles. The van der Waals surface area contributed by atoms with Crippen molar-refractivity contribution in [3.8, 4) is 11.8 Å². The maximum absolute atomic E-state index is 13.8. The van der Waals surface area contributed by atoms with Gasteiger partial charge in [-0.2, -0.15) is 5.26 Å². The normalized spacial score (nSPS) is 10.0. The van der Waals surface area contributed by atoms with Crippen LogP contribution in [-0.2, 0) is 6.61 Å². The monoisotopic (exact) mass is 303 g/mol. The fraction of sp³-hybridized carbons (Fsp3) is 0.125. The van der Waals surface area contributed by atoms with E-state index in [9.17, 15) is 9.18 Å². The molecule has 0 N–H and O–H groups in total. The molecule has 0 saturated carbocycles. The molecule has 0 radical (unpaired) electrons. The lowest BCUT2D eigenvalue weighted by Crippen LogP contribution is -2.00. The first kappa shape index (κ1) is 15.0. The van der Waals surface area contributed by atoms with Crippen molar-refractivity contribution < 1.29 is 13.9 Å². The third kappa shape index (κ3) is 3.59. The fourth-order valence-electron chi connectivity index (χ4n) is 1.73. The second kappa shape index (κ2) is 6.38. The van der Waals surface area contributed by atoms with E-state index in [1.54, 1.807) is 12.1 Å². The van der Waals surface area contributed by atoms with Crippen LogP contribution in [-0.4, -0.2) is 5.78 Å². The van der Waals surface area contributed by atoms with Crippen LogP contribution in [0.15, 0.2) is 36.4 Å². The van der Waals surface area contributed by atoms with E-state index in [4.69, 9.17) is 21.6 Å². The summed E-state index contributed by atoms with van der Waals surface area (Å²) >= 11 is 6.01. The molecule has 106 valence electrons. The van der Waals surface area contributed by atoms with Crippen LogP contribution in [0.25, 0.3) is 0 Å². The topological polar surface area (TPSA) is 50.1 Å². The molecule has 2 rings (SSSR count). The lowest BCUT2D eigenvalue weighted by molar-refractivity contribution is 0.101. The molecule has 0 fully saturated rings. The molecule has 0 heterocycles. The molecule has 0 bridgehead atoms. The number of carbonyl (C=O) groups excluding carboxylic acids is 1. The molecule has 0 saturated heterocycles. The standard InChI is InChI=1S/C16H11ClFNO2/c1-10(20)12-4-5-16(15(18)7-12)21-9-13-3-2-11(8-19)6-14(13)17/h2-7H,9H2,1H3. The molecule has 0 spiro atoms. The van der Waals surface area contributed by atoms with Crippen molar-refractivity contribution in [2.24, 2.45) is 0 Å². The van der Waals surface area contributed by atoms with Crippen molar-refractivity contribution in [3.63, 3.8) is 0 Å². The number of halogens is 2. The van der Waals surface area contributed by atoms with Gasteiger partial charge in [0.15, 0.2) is 17.3 Å². The van der Waals surface area contributed by atoms with E-state index in [0.29, 0.717) is 16.1 Å². The summed E-state index contributed by atoms with van der Waals surface area (Å²) in [5.41, 5.74) is 1.38. The van der Waals surface area contributed by atoms with Crippen LogP contribution in [0.2, 0.25) is 5.02 Å². The summed E-state index contributed by atoms with van der Waals surface area (Å²) in [6.07, 6.45) is 0. The molecule has 3 nitrogen and oxygen atoms in total. The third-order valence-electron chi connectivity index (χ3n) is 2.90. The number of hydrogen-bond donors (Lipinski definition) is 0. The van der Waals surface area contributed by atoms with E-state index in [2.05, 4.69) is 0 Å². The molecule has 0 amide bonds. The summed E-state index contributed by atoms with van der Waals surface area (Å²) in [4.78, 5) is 11.1.